The summed E-state index contributed by atoms with van der Waals surface area (Å²) in [5.74, 6) is -2.34. The molecule has 2 aromatic heterocycles. The van der Waals surface area contributed by atoms with Crippen LogP contribution in [-0.4, -0.2) is 50.4 Å². The maximum Gasteiger partial charge on any atom is 0.345 e. The van der Waals surface area contributed by atoms with E-state index in [1.807, 2.05) is 6.92 Å². The van der Waals surface area contributed by atoms with E-state index >= 15 is 0 Å². The molecular formula is C40H49NO10. The number of aliphatic carboxylic acids is 2. The third-order valence-corrected chi connectivity index (χ3v) is 14.7. The van der Waals surface area contributed by atoms with Crippen LogP contribution in [0, 0.1) is 51.2 Å². The molecule has 3 heterocycles. The molecule has 5 saturated carbocycles. The number of pyridine rings is 1. The van der Waals surface area contributed by atoms with Gasteiger partial charge in [-0.25, -0.2) is 4.79 Å². The number of esters is 1. The normalized spacial score (nSPS) is 36.7. The van der Waals surface area contributed by atoms with Crippen molar-refractivity contribution in [2.45, 2.75) is 110 Å². The minimum Gasteiger partial charge on any atom is -0.486 e. The Hall–Kier alpha value is -3.73. The van der Waals surface area contributed by atoms with Crippen molar-refractivity contribution in [2.75, 3.05) is 6.61 Å². The van der Waals surface area contributed by atoms with E-state index in [-0.39, 0.29) is 60.2 Å². The topological polar surface area (TPSA) is 173 Å². The van der Waals surface area contributed by atoms with Gasteiger partial charge in [-0.15, -0.1) is 0 Å². The molecule has 51 heavy (non-hydrogen) atoms. The number of aliphatic hydroxyl groups excluding tert-OH is 1. The highest BCUT2D eigenvalue weighted by molar-refractivity contribution is 5.70. The van der Waals surface area contributed by atoms with E-state index in [4.69, 9.17) is 13.9 Å². The predicted molar refractivity (Wildman–Crippen MR) is 182 cm³/mol. The molecule has 3 N–H and O–H groups in total. The van der Waals surface area contributed by atoms with Gasteiger partial charge in [-0.2, -0.15) is 0 Å². The second-order valence-electron chi connectivity index (χ2n) is 17.7. The first-order valence-electron chi connectivity index (χ1n) is 18.7. The summed E-state index contributed by atoms with van der Waals surface area (Å²) in [5.41, 5.74) is -3.44. The second kappa shape index (κ2) is 11.6. The van der Waals surface area contributed by atoms with Crippen LogP contribution in [-0.2, 0) is 19.1 Å². The molecule has 8 atom stereocenters. The van der Waals surface area contributed by atoms with Crippen molar-refractivity contribution in [3.05, 3.63) is 46.6 Å². The number of aliphatic hydroxyl groups is 1. The van der Waals surface area contributed by atoms with E-state index in [2.05, 4.69) is 18.8 Å². The highest BCUT2D eigenvalue weighted by Gasteiger charge is 2.75. The van der Waals surface area contributed by atoms with Gasteiger partial charge in [0.1, 0.15) is 22.7 Å². The number of aromatic nitrogens is 1. The SMILES string of the molecule is C[C@]12CCC(C3(CC(=O)O)CC3)[C@@](C)(COC(=O)CC3CC3)[C@@H]1C[C@@H](C1(CC(=O)O)CC1)[C@]1(C)Oc3cc(-c4cccnc4)oc(=O)c3[C@H](O)[C@H]21. The van der Waals surface area contributed by atoms with Crippen LogP contribution < -0.4 is 10.4 Å². The molecule has 5 fully saturated rings. The maximum atomic E-state index is 13.8. The number of carboxylic acid groups (broad SMARTS) is 2. The van der Waals surface area contributed by atoms with Crippen LogP contribution in [0.1, 0.15) is 109 Å². The first-order chi connectivity index (χ1) is 24.1. The minimum absolute atomic E-state index is 0.0413. The van der Waals surface area contributed by atoms with E-state index < -0.39 is 56.8 Å². The summed E-state index contributed by atoms with van der Waals surface area (Å²) in [7, 11) is 0. The van der Waals surface area contributed by atoms with Crippen molar-refractivity contribution >= 4 is 17.9 Å². The van der Waals surface area contributed by atoms with Crippen molar-refractivity contribution < 1.29 is 43.6 Å². The fourth-order valence-electron chi connectivity index (χ4n) is 12.0. The predicted octanol–water partition coefficient (Wildman–Crippen LogP) is 6.41. The molecule has 1 unspecified atom stereocenters. The minimum atomic E-state index is -1.28. The summed E-state index contributed by atoms with van der Waals surface area (Å²) >= 11 is 0. The molecule has 0 aromatic carbocycles. The molecule has 6 aliphatic rings. The van der Waals surface area contributed by atoms with Crippen molar-refractivity contribution in [1.29, 1.82) is 0 Å². The van der Waals surface area contributed by atoms with E-state index in [9.17, 15) is 34.5 Å². The number of carbonyl (C=O) groups is 3. The highest BCUT2D eigenvalue weighted by atomic mass is 16.5. The summed E-state index contributed by atoms with van der Waals surface area (Å²) in [6, 6.07) is 5.15. The van der Waals surface area contributed by atoms with Crippen LogP contribution in [0.2, 0.25) is 0 Å². The Morgan fingerprint density at radius 1 is 0.941 bits per heavy atom. The van der Waals surface area contributed by atoms with Crippen molar-refractivity contribution in [3.63, 3.8) is 0 Å². The van der Waals surface area contributed by atoms with Gasteiger partial charge in [0.25, 0.3) is 0 Å². The number of rotatable bonds is 11. The van der Waals surface area contributed by atoms with E-state index in [1.54, 1.807) is 30.6 Å². The number of hydrogen-bond acceptors (Lipinski definition) is 9. The van der Waals surface area contributed by atoms with Gasteiger partial charge in [0.05, 0.1) is 25.6 Å². The monoisotopic (exact) mass is 703 g/mol. The Bertz CT molecular complexity index is 1810. The van der Waals surface area contributed by atoms with Gasteiger partial charge in [0.2, 0.25) is 0 Å². The van der Waals surface area contributed by atoms with E-state index in [0.717, 1.165) is 25.7 Å². The maximum absolute atomic E-state index is 13.8. The number of ether oxygens (including phenoxy) is 2. The average molecular weight is 704 g/mol. The van der Waals surface area contributed by atoms with Gasteiger partial charge in [-0.05, 0) is 111 Å². The molecule has 8 rings (SSSR count). The van der Waals surface area contributed by atoms with Crippen molar-refractivity contribution in [1.82, 2.24) is 4.98 Å². The average Bonchev–Trinajstić information content (AvgIpc) is 3.94. The molecule has 0 amide bonds. The summed E-state index contributed by atoms with van der Waals surface area (Å²) in [6.45, 7) is 6.40. The molecule has 1 aliphatic heterocycles. The van der Waals surface area contributed by atoms with Gasteiger partial charge < -0.3 is 29.2 Å². The second-order valence-corrected chi connectivity index (χ2v) is 17.7. The summed E-state index contributed by atoms with van der Waals surface area (Å²) in [4.78, 5) is 55.8. The molecule has 11 nitrogen and oxygen atoms in total. The zero-order valence-corrected chi connectivity index (χ0v) is 29.7. The first-order valence-corrected chi connectivity index (χ1v) is 18.7. The van der Waals surface area contributed by atoms with E-state index in [0.29, 0.717) is 50.0 Å². The zero-order chi connectivity index (χ0) is 36.1. The van der Waals surface area contributed by atoms with Crippen LogP contribution in [0.3, 0.4) is 0 Å². The van der Waals surface area contributed by atoms with Gasteiger partial charge in [-0.3, -0.25) is 19.4 Å². The number of carbonyl (C=O) groups excluding carboxylic acids is 1. The van der Waals surface area contributed by atoms with Crippen molar-refractivity contribution in [3.8, 4) is 17.1 Å². The number of carboxylic acids is 2. The molecule has 0 spiro atoms. The summed E-state index contributed by atoms with van der Waals surface area (Å²) in [5, 5.41) is 32.8. The van der Waals surface area contributed by atoms with Crippen LogP contribution in [0.15, 0.2) is 39.8 Å². The Balaban J connectivity index is 1.26. The third-order valence-electron chi connectivity index (χ3n) is 14.7. The van der Waals surface area contributed by atoms with Crippen LogP contribution in [0.5, 0.6) is 5.75 Å². The quantitative estimate of drug-likeness (QED) is 0.221. The molecule has 0 bridgehead atoms. The van der Waals surface area contributed by atoms with Gasteiger partial charge in [0, 0.05) is 47.7 Å². The lowest BCUT2D eigenvalue weighted by atomic mass is 9.38. The lowest BCUT2D eigenvalue weighted by Gasteiger charge is -2.69. The van der Waals surface area contributed by atoms with Gasteiger partial charge in [-0.1, -0.05) is 13.8 Å². The van der Waals surface area contributed by atoms with Crippen LogP contribution in [0.25, 0.3) is 11.3 Å². The van der Waals surface area contributed by atoms with Crippen LogP contribution in [0.4, 0.5) is 0 Å². The van der Waals surface area contributed by atoms with Gasteiger partial charge >= 0.3 is 23.5 Å². The molecule has 0 saturated heterocycles. The van der Waals surface area contributed by atoms with Gasteiger partial charge in [0.15, 0.2) is 0 Å². The number of nitrogens with zero attached hydrogens (tertiary/aromatic N) is 1. The van der Waals surface area contributed by atoms with E-state index in [1.165, 1.54) is 0 Å². The Labute approximate surface area is 297 Å². The number of fused-ring (bicyclic) bond motifs is 4. The Morgan fingerprint density at radius 3 is 2.20 bits per heavy atom. The fourth-order valence-corrected chi connectivity index (χ4v) is 12.0. The number of hydrogen-bond donors (Lipinski definition) is 3. The molecule has 5 aliphatic carbocycles. The van der Waals surface area contributed by atoms with Crippen molar-refractivity contribution in [2.24, 2.45) is 51.2 Å². The molecular weight excluding hydrogens is 654 g/mol. The molecule has 0 radical (unpaired) electrons. The highest BCUT2D eigenvalue weighted by Crippen LogP contribution is 2.77. The lowest BCUT2D eigenvalue weighted by molar-refractivity contribution is -0.260. The van der Waals surface area contributed by atoms with Crippen LogP contribution >= 0.6 is 0 Å². The largest absolute Gasteiger partial charge is 0.486 e. The third kappa shape index (κ3) is 5.51. The Kier molecular flexibility index (Phi) is 7.84. The smallest absolute Gasteiger partial charge is 0.345 e. The standard InChI is InChI=1S/C40H49NO10/c1-36-9-8-26(39(10-11-39)18-29(42)43)37(2,21-49-31(46)15-22-6-7-22)27(36)17-28(40(12-13-40)19-30(44)45)38(3)34(36)33(47)32-25(51-38)16-24(50-35(32)48)23-5-4-14-41-20-23/h4-5,14,16,20,22,26-28,33-34,47H,6-13,15,17-19,21H2,1-3H3,(H,42,43)(H,44,45)/t26?,27-,28-,33+,34-,36+,37-,38+/m1/s1. The summed E-state index contributed by atoms with van der Waals surface area (Å²) in [6.07, 6.45) is 9.15. The zero-order valence-electron chi connectivity index (χ0n) is 29.7. The fraction of sp³-hybridized carbons (Fsp3) is 0.675. The Morgan fingerprint density at radius 2 is 1.61 bits per heavy atom. The first kappa shape index (κ1) is 34.4. The molecule has 274 valence electrons. The lowest BCUT2D eigenvalue weighted by Crippen LogP contribution is -2.70. The molecule has 11 heteroatoms. The molecule has 2 aromatic rings. The summed E-state index contributed by atoms with van der Waals surface area (Å²) < 4.78 is 19.0.